The van der Waals surface area contributed by atoms with Crippen LogP contribution in [0.25, 0.3) is 0 Å². The van der Waals surface area contributed by atoms with Gasteiger partial charge >= 0.3 is 5.97 Å². The highest BCUT2D eigenvalue weighted by Crippen LogP contribution is 2.22. The maximum atomic E-state index is 12.7. The minimum absolute atomic E-state index is 0.0657. The average Bonchev–Trinajstić information content (AvgIpc) is 3.18. The van der Waals surface area contributed by atoms with Crippen LogP contribution in [0.1, 0.15) is 316 Å². The van der Waals surface area contributed by atoms with Crippen LogP contribution >= 0.6 is 0 Å². The Bertz CT molecular complexity index is 673. The van der Waals surface area contributed by atoms with Crippen molar-refractivity contribution in [3.63, 3.8) is 0 Å². The Kier molecular flexibility index (Phi) is 48.1. The Labute approximate surface area is 343 Å². The zero-order valence-electron chi connectivity index (χ0n) is 38.1. The Hall–Kier alpha value is -0.530. The molecule has 2 nitrogen and oxygen atoms in total. The van der Waals surface area contributed by atoms with Crippen molar-refractivity contribution in [3.8, 4) is 0 Å². The third kappa shape index (κ3) is 45.9. The summed E-state index contributed by atoms with van der Waals surface area (Å²) >= 11 is 0. The first-order valence-corrected chi connectivity index (χ1v) is 25.9. The van der Waals surface area contributed by atoms with Crippen LogP contribution in [0.2, 0.25) is 0 Å². The molecule has 0 saturated carbocycles. The van der Waals surface area contributed by atoms with Crippen LogP contribution in [-0.2, 0) is 9.53 Å². The van der Waals surface area contributed by atoms with Gasteiger partial charge in [-0.3, -0.25) is 4.79 Å². The Balaban J connectivity index is 4.06. The molecule has 0 N–H and O–H groups in total. The molecule has 0 radical (unpaired) electrons. The van der Waals surface area contributed by atoms with Gasteiger partial charge in [-0.2, -0.15) is 0 Å². The fraction of sp³-hybridized carbons (Fsp3) is 0.981. The summed E-state index contributed by atoms with van der Waals surface area (Å²) in [6.07, 6.45) is 63.2. The van der Waals surface area contributed by atoms with Crippen molar-refractivity contribution < 1.29 is 9.53 Å². The fourth-order valence-electron chi connectivity index (χ4n) is 8.49. The minimum atomic E-state index is 0.0657. The SMILES string of the molecule is CCCCCCCCCCCCCCCCCCC(CCCCCCCCCCCCCCCC)COC(=O)CCCCCCCCCCCCCCC. The highest BCUT2D eigenvalue weighted by atomic mass is 16.5. The van der Waals surface area contributed by atoms with Gasteiger partial charge in [-0.15, -0.1) is 0 Å². The molecule has 324 valence electrons. The summed E-state index contributed by atoms with van der Waals surface area (Å²) < 4.78 is 5.92. The van der Waals surface area contributed by atoms with Gasteiger partial charge in [0.2, 0.25) is 0 Å². The van der Waals surface area contributed by atoms with Crippen molar-refractivity contribution in [3.05, 3.63) is 0 Å². The molecular weight excluding hydrogens is 657 g/mol. The molecule has 0 aliphatic rings. The largest absolute Gasteiger partial charge is 0.465 e. The van der Waals surface area contributed by atoms with E-state index in [0.717, 1.165) is 6.42 Å². The zero-order valence-corrected chi connectivity index (χ0v) is 38.1. The van der Waals surface area contributed by atoms with Crippen molar-refractivity contribution in [2.75, 3.05) is 6.61 Å². The monoisotopic (exact) mass is 761 g/mol. The van der Waals surface area contributed by atoms with Crippen LogP contribution in [0.3, 0.4) is 0 Å². The quantitative estimate of drug-likeness (QED) is 0.0456. The van der Waals surface area contributed by atoms with E-state index in [1.165, 1.54) is 283 Å². The number of hydrogen-bond acceptors (Lipinski definition) is 2. The smallest absolute Gasteiger partial charge is 0.305 e. The van der Waals surface area contributed by atoms with E-state index in [2.05, 4.69) is 20.8 Å². The first-order valence-electron chi connectivity index (χ1n) is 25.9. The van der Waals surface area contributed by atoms with Crippen molar-refractivity contribution in [2.45, 2.75) is 316 Å². The predicted molar refractivity (Wildman–Crippen MR) is 244 cm³/mol. The van der Waals surface area contributed by atoms with Crippen molar-refractivity contribution >= 4 is 5.97 Å². The zero-order chi connectivity index (χ0) is 39.1. The number of rotatable bonds is 48. The molecule has 0 aliphatic carbocycles. The minimum Gasteiger partial charge on any atom is -0.465 e. The first-order chi connectivity index (χ1) is 26.7. The van der Waals surface area contributed by atoms with Crippen LogP contribution in [0.4, 0.5) is 0 Å². The normalized spacial score (nSPS) is 12.1. The lowest BCUT2D eigenvalue weighted by Gasteiger charge is -2.17. The van der Waals surface area contributed by atoms with Gasteiger partial charge in [0.25, 0.3) is 0 Å². The van der Waals surface area contributed by atoms with Gasteiger partial charge in [-0.1, -0.05) is 290 Å². The van der Waals surface area contributed by atoms with E-state index in [4.69, 9.17) is 4.74 Å². The van der Waals surface area contributed by atoms with Crippen LogP contribution in [0.5, 0.6) is 0 Å². The summed E-state index contributed by atoms with van der Waals surface area (Å²) in [4.78, 5) is 12.7. The summed E-state index contributed by atoms with van der Waals surface area (Å²) in [5.41, 5.74) is 0. The fourth-order valence-corrected chi connectivity index (χ4v) is 8.49. The van der Waals surface area contributed by atoms with E-state index in [0.29, 0.717) is 18.9 Å². The van der Waals surface area contributed by atoms with E-state index in [-0.39, 0.29) is 5.97 Å². The van der Waals surface area contributed by atoms with Crippen LogP contribution in [-0.4, -0.2) is 12.6 Å². The summed E-state index contributed by atoms with van der Waals surface area (Å²) in [6, 6.07) is 0. The number of carbonyl (C=O) groups is 1. The highest BCUT2D eigenvalue weighted by molar-refractivity contribution is 5.69. The third-order valence-electron chi connectivity index (χ3n) is 12.4. The van der Waals surface area contributed by atoms with Gasteiger partial charge in [-0.25, -0.2) is 0 Å². The molecule has 2 heteroatoms. The van der Waals surface area contributed by atoms with Gasteiger partial charge in [0, 0.05) is 6.42 Å². The first kappa shape index (κ1) is 53.5. The summed E-state index contributed by atoms with van der Waals surface area (Å²) in [5, 5.41) is 0. The number of unbranched alkanes of at least 4 members (excludes halogenated alkanes) is 40. The Morgan fingerprint density at radius 1 is 0.296 bits per heavy atom. The molecule has 54 heavy (non-hydrogen) atoms. The van der Waals surface area contributed by atoms with Gasteiger partial charge in [0.15, 0.2) is 0 Å². The topological polar surface area (TPSA) is 26.3 Å². The molecule has 0 bridgehead atoms. The molecule has 0 heterocycles. The number of hydrogen-bond donors (Lipinski definition) is 0. The second-order valence-electron chi connectivity index (χ2n) is 18.0. The molecule has 1 atom stereocenters. The van der Waals surface area contributed by atoms with Gasteiger partial charge in [0.05, 0.1) is 6.61 Å². The predicted octanol–water partition coefficient (Wildman–Crippen LogP) is 19.2. The molecule has 0 aromatic carbocycles. The van der Waals surface area contributed by atoms with Crippen molar-refractivity contribution in [1.29, 1.82) is 0 Å². The Morgan fingerprint density at radius 2 is 0.500 bits per heavy atom. The van der Waals surface area contributed by atoms with E-state index >= 15 is 0 Å². The molecule has 0 saturated heterocycles. The van der Waals surface area contributed by atoms with E-state index in [9.17, 15) is 4.79 Å². The molecule has 0 fully saturated rings. The molecule has 0 amide bonds. The van der Waals surface area contributed by atoms with Crippen LogP contribution in [0.15, 0.2) is 0 Å². The lowest BCUT2D eigenvalue weighted by Crippen LogP contribution is -2.14. The lowest BCUT2D eigenvalue weighted by atomic mass is 9.94. The molecule has 1 unspecified atom stereocenters. The van der Waals surface area contributed by atoms with Gasteiger partial charge < -0.3 is 4.74 Å². The molecule has 0 aromatic heterocycles. The van der Waals surface area contributed by atoms with Gasteiger partial charge in [0.1, 0.15) is 0 Å². The average molecular weight is 761 g/mol. The van der Waals surface area contributed by atoms with E-state index in [1.807, 2.05) is 0 Å². The molecule has 0 aliphatic heterocycles. The number of carbonyl (C=O) groups excluding carboxylic acids is 1. The Morgan fingerprint density at radius 3 is 0.741 bits per heavy atom. The third-order valence-corrected chi connectivity index (χ3v) is 12.4. The molecular formula is C52H104O2. The summed E-state index contributed by atoms with van der Waals surface area (Å²) in [5.74, 6) is 0.639. The second-order valence-corrected chi connectivity index (χ2v) is 18.0. The highest BCUT2D eigenvalue weighted by Gasteiger charge is 2.12. The van der Waals surface area contributed by atoms with Crippen LogP contribution in [0, 0.1) is 5.92 Å². The van der Waals surface area contributed by atoms with Crippen LogP contribution < -0.4 is 0 Å². The maximum absolute atomic E-state index is 12.7. The molecule has 0 aromatic rings. The van der Waals surface area contributed by atoms with Crippen molar-refractivity contribution in [1.82, 2.24) is 0 Å². The molecule has 0 rings (SSSR count). The van der Waals surface area contributed by atoms with Gasteiger partial charge in [-0.05, 0) is 25.2 Å². The lowest BCUT2D eigenvalue weighted by molar-refractivity contribution is -0.145. The number of esters is 1. The van der Waals surface area contributed by atoms with E-state index < -0.39 is 0 Å². The maximum Gasteiger partial charge on any atom is 0.305 e. The second kappa shape index (κ2) is 48.6. The summed E-state index contributed by atoms with van der Waals surface area (Å²) in [6.45, 7) is 7.58. The standard InChI is InChI=1S/C52H104O2/c1-4-7-10-13-16-19-22-25-27-28-31-33-36-39-42-45-48-51(47-44-41-38-35-32-30-26-23-20-17-14-11-8-5-2)50-54-52(53)49-46-43-40-37-34-29-24-21-18-15-12-9-6-3/h51H,4-50H2,1-3H3. The molecule has 0 spiro atoms. The summed E-state index contributed by atoms with van der Waals surface area (Å²) in [7, 11) is 0. The van der Waals surface area contributed by atoms with Crippen molar-refractivity contribution in [2.24, 2.45) is 5.92 Å². The van der Waals surface area contributed by atoms with E-state index in [1.54, 1.807) is 0 Å². The number of ether oxygens (including phenoxy) is 1.